The molecule has 0 rings (SSSR count). The summed E-state index contributed by atoms with van der Waals surface area (Å²) < 4.78 is 33.8. The molecule has 0 aliphatic carbocycles. The average Bonchev–Trinajstić information content (AvgIpc) is 2.92. The summed E-state index contributed by atoms with van der Waals surface area (Å²) in [6, 6.07) is 0. The summed E-state index contributed by atoms with van der Waals surface area (Å²) in [4.78, 5) is 0. The quantitative estimate of drug-likeness (QED) is 0.0549. The predicted octanol–water partition coefficient (Wildman–Crippen LogP) is 9.01. The molecule has 0 aromatic carbocycles. The molecule has 0 aliphatic rings. The van der Waals surface area contributed by atoms with E-state index in [0.29, 0.717) is 0 Å². The van der Waals surface area contributed by atoms with Gasteiger partial charge in [-0.1, -0.05) is 194 Å². The number of hydrogen-bond acceptors (Lipinski definition) is 4. The Bertz CT molecular complexity index is 556. The van der Waals surface area contributed by atoms with E-state index in [9.17, 15) is 8.42 Å². The molecule has 0 N–H and O–H groups in total. The van der Waals surface area contributed by atoms with E-state index in [1.165, 1.54) is 167 Å². The van der Waals surface area contributed by atoms with E-state index in [1.807, 2.05) is 0 Å². The fraction of sp³-hybridized carbons (Fsp3) is 1.00. The van der Waals surface area contributed by atoms with Gasteiger partial charge < -0.3 is 0 Å². The zero-order valence-electron chi connectivity index (χ0n) is 27.7. The molecule has 6 heteroatoms. The molecule has 0 saturated heterocycles. The molecule has 0 aromatic heterocycles. The Morgan fingerprint density at radius 1 is 0.325 bits per heavy atom. The van der Waals surface area contributed by atoms with Crippen molar-refractivity contribution >= 4 is 10.4 Å². The van der Waals surface area contributed by atoms with Crippen LogP contribution >= 0.6 is 0 Å². The molecule has 0 fully saturated rings. The van der Waals surface area contributed by atoms with Gasteiger partial charge >= 0.3 is 40.0 Å². The van der Waals surface area contributed by atoms with Crippen LogP contribution in [-0.4, -0.2) is 21.6 Å². The summed E-state index contributed by atoms with van der Waals surface area (Å²) in [5.74, 6) is 0. The van der Waals surface area contributed by atoms with Gasteiger partial charge in [-0.05, 0) is 12.8 Å². The van der Waals surface area contributed by atoms with Crippen LogP contribution in [0.25, 0.3) is 0 Å². The molecule has 0 aliphatic heterocycles. The second-order valence-electron chi connectivity index (χ2n) is 12.0. The molecule has 0 amide bonds. The molecule has 0 bridgehead atoms. The first kappa shape index (κ1) is 43.0. The first-order valence-electron chi connectivity index (χ1n) is 17.7. The van der Waals surface area contributed by atoms with E-state index in [-0.39, 0.29) is 42.8 Å². The largest absolute Gasteiger partial charge is 1.00 e. The molecule has 4 nitrogen and oxygen atoms in total. The maximum atomic E-state index is 11.9. The van der Waals surface area contributed by atoms with Crippen LogP contribution in [0.5, 0.6) is 0 Å². The van der Waals surface area contributed by atoms with E-state index in [4.69, 9.17) is 8.37 Å². The monoisotopic (exact) mass is 597 g/mol. The van der Waals surface area contributed by atoms with Gasteiger partial charge in [0.1, 0.15) is 0 Å². The molecule has 0 heterocycles. The summed E-state index contributed by atoms with van der Waals surface area (Å²) in [6.07, 6.45) is 38.9. The zero-order valence-corrected chi connectivity index (χ0v) is 30.5. The van der Waals surface area contributed by atoms with Crippen LogP contribution in [0, 0.1) is 0 Å². The minimum atomic E-state index is -3.82. The van der Waals surface area contributed by atoms with Crippen molar-refractivity contribution in [2.45, 2.75) is 206 Å². The van der Waals surface area contributed by atoms with Gasteiger partial charge in [-0.25, -0.2) is 8.37 Å². The van der Waals surface area contributed by atoms with Crippen LogP contribution in [-0.2, 0) is 18.8 Å². The third-order valence-electron chi connectivity index (χ3n) is 7.95. The fourth-order valence-electron chi connectivity index (χ4n) is 5.30. The van der Waals surface area contributed by atoms with Crippen LogP contribution in [0.15, 0.2) is 0 Å². The molecule has 0 unspecified atom stereocenters. The van der Waals surface area contributed by atoms with Gasteiger partial charge in [0.2, 0.25) is 0 Å². The molecule has 236 valence electrons. The Morgan fingerprint density at radius 2 is 0.500 bits per heavy atom. The summed E-state index contributed by atoms with van der Waals surface area (Å²) in [5.41, 5.74) is 0. The molecular formula is C34H70NaO4S+. The second kappa shape index (κ2) is 36.1. The van der Waals surface area contributed by atoms with Crippen molar-refractivity contribution in [2.24, 2.45) is 0 Å². The molecule has 0 atom stereocenters. The van der Waals surface area contributed by atoms with E-state index >= 15 is 0 Å². The van der Waals surface area contributed by atoms with Crippen molar-refractivity contribution < 1.29 is 46.3 Å². The summed E-state index contributed by atoms with van der Waals surface area (Å²) in [6.45, 7) is 5.05. The van der Waals surface area contributed by atoms with Crippen molar-refractivity contribution in [3.8, 4) is 0 Å². The minimum Gasteiger partial charge on any atom is -0.248 e. The Kier molecular flexibility index (Phi) is 38.8. The first-order valence-corrected chi connectivity index (χ1v) is 19.0. The Hall–Kier alpha value is 0.870. The fourth-order valence-corrected chi connectivity index (χ4v) is 6.01. The molecule has 40 heavy (non-hydrogen) atoms. The van der Waals surface area contributed by atoms with Crippen LogP contribution < -0.4 is 29.6 Å². The average molecular weight is 598 g/mol. The zero-order chi connectivity index (χ0) is 28.5. The molecular weight excluding hydrogens is 527 g/mol. The van der Waals surface area contributed by atoms with Crippen molar-refractivity contribution in [2.75, 3.05) is 13.2 Å². The number of rotatable bonds is 34. The van der Waals surface area contributed by atoms with E-state index in [2.05, 4.69) is 13.8 Å². The third kappa shape index (κ3) is 36.9. The van der Waals surface area contributed by atoms with Crippen LogP contribution in [0.3, 0.4) is 0 Å². The SMILES string of the molecule is CCCCCCCCCCCCCCCCCCOS(=O)(=O)OCCCCCCCCCCCCCCCC.[Na+]. The van der Waals surface area contributed by atoms with E-state index in [0.717, 1.165) is 25.7 Å². The molecule has 0 saturated carbocycles. The number of unbranched alkanes of at least 4 members (excludes halogenated alkanes) is 28. The molecule has 0 aromatic rings. The van der Waals surface area contributed by atoms with Crippen LogP contribution in [0.1, 0.15) is 206 Å². The van der Waals surface area contributed by atoms with Crippen molar-refractivity contribution in [1.82, 2.24) is 0 Å². The van der Waals surface area contributed by atoms with Gasteiger partial charge in [0.05, 0.1) is 13.2 Å². The minimum absolute atomic E-state index is 0. The maximum Gasteiger partial charge on any atom is 1.00 e. The Balaban J connectivity index is 0. The smallest absolute Gasteiger partial charge is 0.248 e. The Morgan fingerprint density at radius 3 is 0.700 bits per heavy atom. The van der Waals surface area contributed by atoms with Crippen LogP contribution in [0.4, 0.5) is 0 Å². The van der Waals surface area contributed by atoms with Gasteiger partial charge in [0, 0.05) is 0 Å². The van der Waals surface area contributed by atoms with Crippen LogP contribution in [0.2, 0.25) is 0 Å². The van der Waals surface area contributed by atoms with Gasteiger partial charge in [0.25, 0.3) is 0 Å². The standard InChI is InChI=1S/C34H70O4S.Na/c1-3-5-7-9-11-13-15-17-19-20-22-24-26-28-30-32-34-38-39(35,36)37-33-31-29-27-25-23-21-18-16-14-12-10-8-6-4-2;/h3-34H2,1-2H3;/q;+1. The third-order valence-corrected chi connectivity index (χ3v) is 8.86. The van der Waals surface area contributed by atoms with Gasteiger partial charge in [-0.3, -0.25) is 0 Å². The van der Waals surface area contributed by atoms with E-state index < -0.39 is 10.4 Å². The van der Waals surface area contributed by atoms with Crippen molar-refractivity contribution in [3.63, 3.8) is 0 Å². The Labute approximate surface area is 274 Å². The number of hydrogen-bond donors (Lipinski definition) is 0. The second-order valence-corrected chi connectivity index (χ2v) is 13.2. The van der Waals surface area contributed by atoms with Gasteiger partial charge in [-0.15, -0.1) is 0 Å². The van der Waals surface area contributed by atoms with Crippen molar-refractivity contribution in [3.05, 3.63) is 0 Å². The maximum absolute atomic E-state index is 11.9. The van der Waals surface area contributed by atoms with Gasteiger partial charge in [0.15, 0.2) is 0 Å². The molecule has 0 spiro atoms. The molecule has 0 radical (unpaired) electrons. The summed E-state index contributed by atoms with van der Waals surface area (Å²) in [5, 5.41) is 0. The summed E-state index contributed by atoms with van der Waals surface area (Å²) in [7, 11) is -3.82. The topological polar surface area (TPSA) is 52.6 Å². The summed E-state index contributed by atoms with van der Waals surface area (Å²) >= 11 is 0. The van der Waals surface area contributed by atoms with Gasteiger partial charge in [-0.2, -0.15) is 8.42 Å². The first-order chi connectivity index (χ1) is 19.1. The van der Waals surface area contributed by atoms with E-state index in [1.54, 1.807) is 0 Å². The predicted molar refractivity (Wildman–Crippen MR) is 171 cm³/mol. The van der Waals surface area contributed by atoms with Crippen molar-refractivity contribution in [1.29, 1.82) is 0 Å². The normalized spacial score (nSPS) is 11.7.